The summed E-state index contributed by atoms with van der Waals surface area (Å²) < 4.78 is 11.6. The molecule has 1 atom stereocenters. The van der Waals surface area contributed by atoms with Gasteiger partial charge in [0.25, 0.3) is 5.91 Å². The largest absolute Gasteiger partial charge is 0.379 e. The molecule has 0 fully saturated rings. The molecule has 1 unspecified atom stereocenters. The highest BCUT2D eigenvalue weighted by Crippen LogP contribution is 2.26. The van der Waals surface area contributed by atoms with Crippen LogP contribution in [-0.2, 0) is 14.3 Å². The molecule has 2 rings (SSSR count). The minimum atomic E-state index is -0.529. The number of hydrogen-bond acceptors (Lipinski definition) is 5. The van der Waals surface area contributed by atoms with Crippen molar-refractivity contribution in [3.8, 4) is 0 Å². The number of carbonyl (C=O) groups is 1. The Labute approximate surface area is 128 Å². The summed E-state index contributed by atoms with van der Waals surface area (Å²) in [5.41, 5.74) is 2.07. The summed E-state index contributed by atoms with van der Waals surface area (Å²) in [5, 5.41) is 3.39. The number of rotatable bonds is 7. The van der Waals surface area contributed by atoms with Gasteiger partial charge in [0.05, 0.1) is 23.4 Å². The average Bonchev–Trinajstić information content (AvgIpc) is 2.84. The second kappa shape index (κ2) is 7.49. The number of aryl methyl sites for hydroxylation is 1. The van der Waals surface area contributed by atoms with E-state index in [1.807, 2.05) is 26.0 Å². The fourth-order valence-electron chi connectivity index (χ4n) is 1.80. The van der Waals surface area contributed by atoms with Gasteiger partial charge in [0.15, 0.2) is 5.13 Å². The maximum Gasteiger partial charge on any atom is 0.254 e. The number of thiazole rings is 1. The van der Waals surface area contributed by atoms with E-state index in [1.54, 1.807) is 6.92 Å². The number of anilines is 1. The number of benzene rings is 1. The van der Waals surface area contributed by atoms with E-state index in [2.05, 4.69) is 16.4 Å². The summed E-state index contributed by atoms with van der Waals surface area (Å²) in [6.45, 7) is 7.22. The maximum absolute atomic E-state index is 12.0. The third kappa shape index (κ3) is 4.49. The molecule has 2 aromatic rings. The van der Waals surface area contributed by atoms with Gasteiger partial charge in [-0.15, -0.1) is 0 Å². The highest BCUT2D eigenvalue weighted by atomic mass is 32.1. The first-order valence-corrected chi connectivity index (χ1v) is 7.79. The van der Waals surface area contributed by atoms with Crippen LogP contribution < -0.4 is 5.32 Å². The van der Waals surface area contributed by atoms with Gasteiger partial charge in [-0.05, 0) is 38.5 Å². The lowest BCUT2D eigenvalue weighted by molar-refractivity contribution is -0.127. The third-order valence-corrected chi connectivity index (χ3v) is 3.88. The Kier molecular flexibility index (Phi) is 5.67. The van der Waals surface area contributed by atoms with E-state index in [0.29, 0.717) is 25.0 Å². The predicted molar refractivity (Wildman–Crippen MR) is 84.9 cm³/mol. The lowest BCUT2D eigenvalue weighted by Crippen LogP contribution is -2.28. The molecule has 1 heterocycles. The zero-order valence-electron chi connectivity index (χ0n) is 12.5. The van der Waals surface area contributed by atoms with E-state index < -0.39 is 6.10 Å². The van der Waals surface area contributed by atoms with Crippen LogP contribution in [0.3, 0.4) is 0 Å². The van der Waals surface area contributed by atoms with Gasteiger partial charge in [-0.2, -0.15) is 0 Å². The van der Waals surface area contributed by atoms with E-state index in [4.69, 9.17) is 9.47 Å². The van der Waals surface area contributed by atoms with Gasteiger partial charge in [0.2, 0.25) is 0 Å². The van der Waals surface area contributed by atoms with Gasteiger partial charge < -0.3 is 9.47 Å². The lowest BCUT2D eigenvalue weighted by atomic mass is 10.2. The first-order chi connectivity index (χ1) is 10.1. The first-order valence-electron chi connectivity index (χ1n) is 6.97. The number of ether oxygens (including phenoxy) is 2. The number of fused-ring (bicyclic) bond motifs is 1. The Bertz CT molecular complexity index is 612. The second-order valence-electron chi connectivity index (χ2n) is 4.69. The van der Waals surface area contributed by atoms with Crippen molar-refractivity contribution < 1.29 is 14.3 Å². The Balaban J connectivity index is 1.91. The van der Waals surface area contributed by atoms with Gasteiger partial charge in [-0.3, -0.25) is 10.1 Å². The fraction of sp³-hybridized carbons (Fsp3) is 0.467. The van der Waals surface area contributed by atoms with Crippen molar-refractivity contribution in [1.82, 2.24) is 4.98 Å². The van der Waals surface area contributed by atoms with Crippen LogP contribution in [0.15, 0.2) is 18.2 Å². The normalized spacial score (nSPS) is 12.5. The van der Waals surface area contributed by atoms with Crippen molar-refractivity contribution in [2.45, 2.75) is 26.9 Å². The highest BCUT2D eigenvalue weighted by Gasteiger charge is 2.15. The minimum absolute atomic E-state index is 0.192. The lowest BCUT2D eigenvalue weighted by Gasteiger charge is -2.11. The molecule has 0 bridgehead atoms. The number of carbonyl (C=O) groups excluding carboxylic acids is 1. The molecule has 6 heteroatoms. The summed E-state index contributed by atoms with van der Waals surface area (Å²) in [6, 6.07) is 6.02. The van der Waals surface area contributed by atoms with Crippen molar-refractivity contribution in [2.75, 3.05) is 25.1 Å². The van der Waals surface area contributed by atoms with Crippen LogP contribution in [0.1, 0.15) is 19.4 Å². The standard InChI is InChI=1S/C15H20N2O3S/c1-4-19-7-8-20-11(3)14(18)17-15-16-12-6-5-10(2)9-13(12)21-15/h5-6,9,11H,4,7-8H2,1-3H3,(H,16,17,18). The van der Waals surface area contributed by atoms with Crippen LogP contribution in [0.2, 0.25) is 0 Å². The minimum Gasteiger partial charge on any atom is -0.379 e. The number of nitrogens with zero attached hydrogens (tertiary/aromatic N) is 1. The molecule has 0 aliphatic rings. The van der Waals surface area contributed by atoms with Crippen LogP contribution in [0.25, 0.3) is 10.2 Å². The van der Waals surface area contributed by atoms with E-state index in [9.17, 15) is 4.79 Å². The Morgan fingerprint density at radius 1 is 1.43 bits per heavy atom. The van der Waals surface area contributed by atoms with E-state index in [1.165, 1.54) is 16.9 Å². The van der Waals surface area contributed by atoms with E-state index >= 15 is 0 Å². The summed E-state index contributed by atoms with van der Waals surface area (Å²) in [5.74, 6) is -0.192. The Hall–Kier alpha value is -1.50. The molecule has 0 aliphatic carbocycles. The van der Waals surface area contributed by atoms with Gasteiger partial charge >= 0.3 is 0 Å². The molecule has 1 amide bonds. The highest BCUT2D eigenvalue weighted by molar-refractivity contribution is 7.22. The van der Waals surface area contributed by atoms with E-state index in [0.717, 1.165) is 10.2 Å². The Morgan fingerprint density at radius 3 is 3.00 bits per heavy atom. The van der Waals surface area contributed by atoms with Crippen LogP contribution in [0.5, 0.6) is 0 Å². The smallest absolute Gasteiger partial charge is 0.254 e. The second-order valence-corrected chi connectivity index (χ2v) is 5.72. The van der Waals surface area contributed by atoms with E-state index in [-0.39, 0.29) is 5.91 Å². The zero-order valence-corrected chi connectivity index (χ0v) is 13.3. The summed E-state index contributed by atoms with van der Waals surface area (Å²) in [4.78, 5) is 16.4. The topological polar surface area (TPSA) is 60.5 Å². The number of amides is 1. The molecule has 114 valence electrons. The van der Waals surface area contributed by atoms with Crippen molar-refractivity contribution in [3.63, 3.8) is 0 Å². The van der Waals surface area contributed by atoms with Gasteiger partial charge in [-0.1, -0.05) is 17.4 Å². The van der Waals surface area contributed by atoms with Crippen molar-refractivity contribution in [1.29, 1.82) is 0 Å². The van der Waals surface area contributed by atoms with Gasteiger partial charge in [-0.25, -0.2) is 4.98 Å². The zero-order chi connectivity index (χ0) is 15.2. The molecular weight excluding hydrogens is 288 g/mol. The summed E-state index contributed by atoms with van der Waals surface area (Å²) in [7, 11) is 0. The summed E-state index contributed by atoms with van der Waals surface area (Å²) >= 11 is 1.47. The molecule has 0 saturated carbocycles. The van der Waals surface area contributed by atoms with Crippen LogP contribution in [0.4, 0.5) is 5.13 Å². The van der Waals surface area contributed by atoms with Gasteiger partial charge in [0.1, 0.15) is 6.10 Å². The molecular formula is C15H20N2O3S. The molecule has 0 saturated heterocycles. The molecule has 0 spiro atoms. The van der Waals surface area contributed by atoms with Gasteiger partial charge in [0, 0.05) is 6.61 Å². The summed E-state index contributed by atoms with van der Waals surface area (Å²) in [6.07, 6.45) is -0.529. The average molecular weight is 308 g/mol. The molecule has 1 N–H and O–H groups in total. The molecule has 1 aromatic carbocycles. The fourth-order valence-corrected chi connectivity index (χ4v) is 2.76. The number of nitrogens with one attached hydrogen (secondary N) is 1. The third-order valence-electron chi connectivity index (χ3n) is 2.94. The van der Waals surface area contributed by atoms with Crippen molar-refractivity contribution in [2.24, 2.45) is 0 Å². The molecule has 0 aliphatic heterocycles. The predicted octanol–water partition coefficient (Wildman–Crippen LogP) is 2.98. The SMILES string of the molecule is CCOCCOC(C)C(=O)Nc1nc2ccc(C)cc2s1. The van der Waals surface area contributed by atoms with Crippen LogP contribution in [-0.4, -0.2) is 36.8 Å². The molecule has 21 heavy (non-hydrogen) atoms. The monoisotopic (exact) mass is 308 g/mol. The molecule has 0 radical (unpaired) electrons. The quantitative estimate of drug-likeness (QED) is 0.799. The first kappa shape index (κ1) is 15.9. The number of aromatic nitrogens is 1. The van der Waals surface area contributed by atoms with Crippen LogP contribution >= 0.6 is 11.3 Å². The Morgan fingerprint density at radius 2 is 2.24 bits per heavy atom. The molecule has 5 nitrogen and oxygen atoms in total. The van der Waals surface area contributed by atoms with Crippen molar-refractivity contribution >= 4 is 32.6 Å². The van der Waals surface area contributed by atoms with Crippen LogP contribution in [0, 0.1) is 6.92 Å². The van der Waals surface area contributed by atoms with Crippen molar-refractivity contribution in [3.05, 3.63) is 23.8 Å². The molecule has 1 aromatic heterocycles. The number of hydrogen-bond donors (Lipinski definition) is 1. The maximum atomic E-state index is 12.0.